The molecular formula is C10H16N3O5P. The molecule has 1 aliphatic rings. The van der Waals surface area contributed by atoms with Crippen molar-refractivity contribution in [2.75, 3.05) is 12.1 Å². The maximum absolute atomic E-state index is 11.7. The van der Waals surface area contributed by atoms with Gasteiger partial charge in [-0.15, -0.1) is 0 Å². The molecule has 2 rings (SSSR count). The van der Waals surface area contributed by atoms with Crippen LogP contribution in [-0.4, -0.2) is 31.8 Å². The van der Waals surface area contributed by atoms with Crippen molar-refractivity contribution in [3.05, 3.63) is 22.7 Å². The quantitative estimate of drug-likeness (QED) is 0.669. The minimum atomic E-state index is -4.20. The summed E-state index contributed by atoms with van der Waals surface area (Å²) in [6.45, 7) is 0. The van der Waals surface area contributed by atoms with E-state index in [0.29, 0.717) is 12.8 Å². The van der Waals surface area contributed by atoms with Gasteiger partial charge in [-0.25, -0.2) is 4.79 Å². The Morgan fingerprint density at radius 3 is 2.89 bits per heavy atom. The second-order valence-electron chi connectivity index (χ2n) is 4.54. The molecule has 19 heavy (non-hydrogen) atoms. The SMILES string of the molecule is Nc1ccn([C@@H]2CCC[C@H]2OCP(=O)(O)O)c(=O)n1. The van der Waals surface area contributed by atoms with Crippen LogP contribution in [0.15, 0.2) is 17.1 Å². The number of aromatic nitrogens is 2. The summed E-state index contributed by atoms with van der Waals surface area (Å²) < 4.78 is 17.5. The van der Waals surface area contributed by atoms with Gasteiger partial charge in [-0.05, 0) is 25.3 Å². The minimum Gasteiger partial charge on any atom is -0.383 e. The highest BCUT2D eigenvalue weighted by molar-refractivity contribution is 7.51. The van der Waals surface area contributed by atoms with Crippen molar-refractivity contribution >= 4 is 13.4 Å². The van der Waals surface area contributed by atoms with E-state index < -0.39 is 25.7 Å². The summed E-state index contributed by atoms with van der Waals surface area (Å²) in [5.74, 6) is 0.145. The molecule has 1 aromatic rings. The number of nitrogens with zero attached hydrogens (tertiary/aromatic N) is 2. The zero-order valence-corrected chi connectivity index (χ0v) is 11.1. The van der Waals surface area contributed by atoms with Gasteiger partial charge in [0.25, 0.3) is 0 Å². The third-order valence-corrected chi connectivity index (χ3v) is 3.57. The molecule has 0 amide bonds. The summed E-state index contributed by atoms with van der Waals surface area (Å²) in [5, 5.41) is 0. The summed E-state index contributed by atoms with van der Waals surface area (Å²) in [6.07, 6.45) is 2.70. The van der Waals surface area contributed by atoms with Crippen LogP contribution in [0.4, 0.5) is 5.82 Å². The first-order chi connectivity index (χ1) is 8.87. The van der Waals surface area contributed by atoms with Gasteiger partial charge in [0.05, 0.1) is 12.1 Å². The van der Waals surface area contributed by atoms with Gasteiger partial charge in [0.1, 0.15) is 12.2 Å². The van der Waals surface area contributed by atoms with Crippen LogP contribution in [-0.2, 0) is 9.30 Å². The molecule has 1 aliphatic carbocycles. The highest BCUT2D eigenvalue weighted by atomic mass is 31.2. The molecule has 1 aromatic heterocycles. The molecule has 0 bridgehead atoms. The molecule has 2 atom stereocenters. The van der Waals surface area contributed by atoms with Gasteiger partial charge in [0.15, 0.2) is 0 Å². The predicted octanol–water partition coefficient (Wildman–Crippen LogP) is 0.0709. The van der Waals surface area contributed by atoms with E-state index in [1.54, 1.807) is 0 Å². The van der Waals surface area contributed by atoms with Crippen molar-refractivity contribution < 1.29 is 19.1 Å². The number of ether oxygens (including phenoxy) is 1. The molecule has 0 saturated heterocycles. The lowest BCUT2D eigenvalue weighted by atomic mass is 10.2. The van der Waals surface area contributed by atoms with Crippen LogP contribution in [0.5, 0.6) is 0 Å². The number of hydrogen-bond acceptors (Lipinski definition) is 5. The van der Waals surface area contributed by atoms with E-state index in [9.17, 15) is 9.36 Å². The molecule has 0 aromatic carbocycles. The maximum atomic E-state index is 11.7. The monoisotopic (exact) mass is 289 g/mol. The number of anilines is 1. The van der Waals surface area contributed by atoms with E-state index >= 15 is 0 Å². The lowest BCUT2D eigenvalue weighted by Gasteiger charge is -2.22. The van der Waals surface area contributed by atoms with Crippen LogP contribution in [0.2, 0.25) is 0 Å². The van der Waals surface area contributed by atoms with Crippen molar-refractivity contribution in [3.63, 3.8) is 0 Å². The maximum Gasteiger partial charge on any atom is 0.350 e. The second kappa shape index (κ2) is 5.42. The average molecular weight is 289 g/mol. The standard InChI is InChI=1S/C10H16N3O5P/c11-9-4-5-13(10(14)12-9)7-2-1-3-8(7)18-6-19(15,16)17/h4-5,7-8H,1-3,6H2,(H2,11,12,14)(H2,15,16,17)/t7-,8-/m1/s1. The summed E-state index contributed by atoms with van der Waals surface area (Å²) in [7, 11) is -4.20. The van der Waals surface area contributed by atoms with E-state index in [1.807, 2.05) is 0 Å². The largest absolute Gasteiger partial charge is 0.383 e. The number of nitrogens with two attached hydrogens (primary N) is 1. The first-order valence-electron chi connectivity index (χ1n) is 5.88. The van der Waals surface area contributed by atoms with Crippen LogP contribution in [0, 0.1) is 0 Å². The average Bonchev–Trinajstić information content (AvgIpc) is 2.73. The Bertz CT molecular complexity index is 554. The van der Waals surface area contributed by atoms with Crippen molar-refractivity contribution in [2.24, 2.45) is 0 Å². The molecule has 0 aliphatic heterocycles. The van der Waals surface area contributed by atoms with E-state index in [-0.39, 0.29) is 11.9 Å². The van der Waals surface area contributed by atoms with Gasteiger partial charge >= 0.3 is 13.3 Å². The zero-order valence-electron chi connectivity index (χ0n) is 10.2. The fourth-order valence-corrected chi connectivity index (χ4v) is 2.68. The van der Waals surface area contributed by atoms with Gasteiger partial charge in [0.2, 0.25) is 0 Å². The van der Waals surface area contributed by atoms with Crippen LogP contribution >= 0.6 is 7.60 Å². The normalized spacial score (nSPS) is 23.7. The summed E-state index contributed by atoms with van der Waals surface area (Å²) in [6, 6.07) is 1.26. The van der Waals surface area contributed by atoms with Crippen molar-refractivity contribution in [1.82, 2.24) is 9.55 Å². The van der Waals surface area contributed by atoms with E-state index in [2.05, 4.69) is 4.98 Å². The molecule has 0 unspecified atom stereocenters. The Hall–Kier alpha value is -1.21. The molecule has 8 nitrogen and oxygen atoms in total. The summed E-state index contributed by atoms with van der Waals surface area (Å²) in [5.41, 5.74) is 4.94. The molecule has 1 heterocycles. The fraction of sp³-hybridized carbons (Fsp3) is 0.600. The number of nitrogen functional groups attached to an aromatic ring is 1. The van der Waals surface area contributed by atoms with Gasteiger partial charge < -0.3 is 20.3 Å². The number of rotatable bonds is 4. The molecular weight excluding hydrogens is 273 g/mol. The van der Waals surface area contributed by atoms with Crippen LogP contribution < -0.4 is 11.4 Å². The minimum absolute atomic E-state index is 0.145. The Kier molecular flexibility index (Phi) is 4.05. The molecule has 106 valence electrons. The molecule has 0 spiro atoms. The third-order valence-electron chi connectivity index (χ3n) is 3.08. The first-order valence-corrected chi connectivity index (χ1v) is 7.67. The van der Waals surface area contributed by atoms with E-state index in [4.69, 9.17) is 20.3 Å². The molecule has 9 heteroatoms. The van der Waals surface area contributed by atoms with Crippen LogP contribution in [0.25, 0.3) is 0 Å². The Balaban J connectivity index is 2.14. The van der Waals surface area contributed by atoms with Gasteiger partial charge in [0, 0.05) is 6.20 Å². The van der Waals surface area contributed by atoms with Crippen molar-refractivity contribution in [3.8, 4) is 0 Å². The Morgan fingerprint density at radius 2 is 2.26 bits per heavy atom. The number of hydrogen-bond donors (Lipinski definition) is 3. The molecule has 4 N–H and O–H groups in total. The van der Waals surface area contributed by atoms with Gasteiger partial charge in [-0.1, -0.05) is 0 Å². The van der Waals surface area contributed by atoms with Crippen molar-refractivity contribution in [1.29, 1.82) is 0 Å². The highest BCUT2D eigenvalue weighted by Gasteiger charge is 2.32. The zero-order chi connectivity index (χ0) is 14.0. The lowest BCUT2D eigenvalue weighted by Crippen LogP contribution is -2.32. The van der Waals surface area contributed by atoms with Crippen LogP contribution in [0.3, 0.4) is 0 Å². The second-order valence-corrected chi connectivity index (χ2v) is 6.13. The fourth-order valence-electron chi connectivity index (χ4n) is 2.29. The predicted molar refractivity (Wildman–Crippen MR) is 67.6 cm³/mol. The molecule has 0 radical (unpaired) electrons. The van der Waals surface area contributed by atoms with Crippen molar-refractivity contribution in [2.45, 2.75) is 31.4 Å². The van der Waals surface area contributed by atoms with E-state index in [0.717, 1.165) is 6.42 Å². The smallest absolute Gasteiger partial charge is 0.350 e. The summed E-state index contributed by atoms with van der Waals surface area (Å²) in [4.78, 5) is 33.0. The Morgan fingerprint density at radius 1 is 1.53 bits per heavy atom. The van der Waals surface area contributed by atoms with E-state index in [1.165, 1.54) is 16.8 Å². The molecule has 1 fully saturated rings. The molecule has 1 saturated carbocycles. The topological polar surface area (TPSA) is 128 Å². The van der Waals surface area contributed by atoms with Gasteiger partial charge in [-0.2, -0.15) is 4.98 Å². The third kappa shape index (κ3) is 3.63. The van der Waals surface area contributed by atoms with Gasteiger partial charge in [-0.3, -0.25) is 9.13 Å². The highest BCUT2D eigenvalue weighted by Crippen LogP contribution is 2.38. The summed E-state index contributed by atoms with van der Waals surface area (Å²) >= 11 is 0. The Labute approximate surface area is 109 Å². The lowest BCUT2D eigenvalue weighted by molar-refractivity contribution is 0.0500. The first kappa shape index (κ1) is 14.2. The van der Waals surface area contributed by atoms with Crippen LogP contribution in [0.1, 0.15) is 25.3 Å².